The van der Waals surface area contributed by atoms with Crippen LogP contribution in [0.5, 0.6) is 0 Å². The highest BCUT2D eigenvalue weighted by atomic mass is 35.5. The van der Waals surface area contributed by atoms with Crippen molar-refractivity contribution in [1.82, 2.24) is 0 Å². The van der Waals surface area contributed by atoms with Gasteiger partial charge in [0, 0.05) is 17.6 Å². The largest absolute Gasteiger partial charge is 0.330 e. The molecule has 1 amide bonds. The van der Waals surface area contributed by atoms with Crippen molar-refractivity contribution >= 4 is 28.9 Å². The molecule has 18 heavy (non-hydrogen) atoms. The first-order chi connectivity index (χ1) is 8.49. The molecule has 0 radical (unpaired) electrons. The van der Waals surface area contributed by atoms with E-state index >= 15 is 0 Å². The topological polar surface area (TPSA) is 98.3 Å². The lowest BCUT2D eigenvalue weighted by molar-refractivity contribution is -0.383. The van der Waals surface area contributed by atoms with Crippen LogP contribution in [0.3, 0.4) is 0 Å². The van der Waals surface area contributed by atoms with E-state index in [-0.39, 0.29) is 34.8 Å². The molecule has 0 spiro atoms. The zero-order valence-electron chi connectivity index (χ0n) is 9.85. The molecule has 1 atom stereocenters. The lowest BCUT2D eigenvalue weighted by Crippen LogP contribution is -2.28. The smallest absolute Gasteiger partial charge is 0.294 e. The molecule has 1 aromatic rings. The lowest BCUT2D eigenvalue weighted by atomic mass is 10.1. The van der Waals surface area contributed by atoms with Crippen LogP contribution in [0.2, 0.25) is 5.02 Å². The van der Waals surface area contributed by atoms with Gasteiger partial charge in [0.05, 0.1) is 10.8 Å². The van der Waals surface area contributed by atoms with Crippen LogP contribution < -0.4 is 11.1 Å². The van der Waals surface area contributed by atoms with E-state index < -0.39 is 4.92 Å². The third kappa shape index (κ3) is 3.41. The maximum atomic E-state index is 11.8. The summed E-state index contributed by atoms with van der Waals surface area (Å²) in [5.41, 5.74) is 5.34. The van der Waals surface area contributed by atoms with Crippen LogP contribution in [0, 0.1) is 16.0 Å². The van der Waals surface area contributed by atoms with Gasteiger partial charge in [-0.1, -0.05) is 18.5 Å². The third-order valence-electron chi connectivity index (χ3n) is 2.56. The molecule has 98 valence electrons. The van der Waals surface area contributed by atoms with Gasteiger partial charge >= 0.3 is 0 Å². The average Bonchev–Trinajstić information content (AvgIpc) is 2.32. The number of rotatable bonds is 5. The van der Waals surface area contributed by atoms with Gasteiger partial charge in [-0.15, -0.1) is 0 Å². The normalized spacial score (nSPS) is 11.9. The SMILES string of the molecule is CCC(CN)C(=O)Nc1ccc(Cl)cc1[N+](=O)[O-]. The van der Waals surface area contributed by atoms with Crippen LogP contribution in [0.15, 0.2) is 18.2 Å². The maximum Gasteiger partial charge on any atom is 0.294 e. The second kappa shape index (κ2) is 6.32. The van der Waals surface area contributed by atoms with Crippen LogP contribution in [0.4, 0.5) is 11.4 Å². The molecule has 1 unspecified atom stereocenters. The van der Waals surface area contributed by atoms with Gasteiger partial charge in [0.2, 0.25) is 5.91 Å². The monoisotopic (exact) mass is 271 g/mol. The van der Waals surface area contributed by atoms with E-state index in [4.69, 9.17) is 17.3 Å². The minimum Gasteiger partial charge on any atom is -0.330 e. The second-order valence-electron chi connectivity index (χ2n) is 3.75. The van der Waals surface area contributed by atoms with Crippen molar-refractivity contribution < 1.29 is 9.72 Å². The summed E-state index contributed by atoms with van der Waals surface area (Å²) in [5, 5.41) is 13.6. The van der Waals surface area contributed by atoms with Crippen molar-refractivity contribution in [3.63, 3.8) is 0 Å². The van der Waals surface area contributed by atoms with E-state index in [2.05, 4.69) is 5.32 Å². The number of amides is 1. The van der Waals surface area contributed by atoms with Crippen molar-refractivity contribution in [3.8, 4) is 0 Å². The van der Waals surface area contributed by atoms with Crippen LogP contribution in [0.1, 0.15) is 13.3 Å². The quantitative estimate of drug-likeness (QED) is 0.633. The fourth-order valence-corrected chi connectivity index (χ4v) is 1.62. The first-order valence-corrected chi connectivity index (χ1v) is 5.82. The summed E-state index contributed by atoms with van der Waals surface area (Å²) in [6.45, 7) is 2.02. The Morgan fingerprint density at radius 1 is 1.61 bits per heavy atom. The predicted molar refractivity (Wildman–Crippen MR) is 69.6 cm³/mol. The Labute approximate surface area is 109 Å². The Balaban J connectivity index is 2.97. The van der Waals surface area contributed by atoms with E-state index in [9.17, 15) is 14.9 Å². The maximum absolute atomic E-state index is 11.8. The predicted octanol–water partition coefficient (Wildman–Crippen LogP) is 2.17. The highest BCUT2D eigenvalue weighted by Crippen LogP contribution is 2.28. The molecule has 0 aliphatic rings. The molecule has 0 aliphatic heterocycles. The summed E-state index contributed by atoms with van der Waals surface area (Å²) >= 11 is 5.68. The van der Waals surface area contributed by atoms with E-state index in [1.165, 1.54) is 18.2 Å². The number of nitro groups is 1. The molecule has 0 fully saturated rings. The van der Waals surface area contributed by atoms with E-state index in [0.717, 1.165) is 0 Å². The van der Waals surface area contributed by atoms with Crippen LogP contribution in [0.25, 0.3) is 0 Å². The van der Waals surface area contributed by atoms with Gasteiger partial charge in [-0.3, -0.25) is 14.9 Å². The minimum atomic E-state index is -0.592. The molecule has 7 heteroatoms. The minimum absolute atomic E-state index is 0.126. The number of nitrogens with one attached hydrogen (secondary N) is 1. The zero-order chi connectivity index (χ0) is 13.7. The molecule has 1 aromatic carbocycles. The van der Waals surface area contributed by atoms with Crippen LogP contribution in [-0.2, 0) is 4.79 Å². The number of hydrogen-bond acceptors (Lipinski definition) is 4. The molecule has 0 bridgehead atoms. The van der Waals surface area contributed by atoms with E-state index in [1.54, 1.807) is 0 Å². The molecule has 1 rings (SSSR count). The van der Waals surface area contributed by atoms with Gasteiger partial charge < -0.3 is 11.1 Å². The molecule has 0 aliphatic carbocycles. The number of nitrogens with zero attached hydrogens (tertiary/aromatic N) is 1. The van der Waals surface area contributed by atoms with Crippen molar-refractivity contribution in [3.05, 3.63) is 33.3 Å². The highest BCUT2D eigenvalue weighted by Gasteiger charge is 2.20. The first-order valence-electron chi connectivity index (χ1n) is 5.44. The number of halogens is 1. The summed E-state index contributed by atoms with van der Waals surface area (Å²) in [4.78, 5) is 22.0. The zero-order valence-corrected chi connectivity index (χ0v) is 10.6. The first kappa shape index (κ1) is 14.4. The molecule has 6 nitrogen and oxygen atoms in total. The molecule has 0 heterocycles. The average molecular weight is 272 g/mol. The number of nitrogens with two attached hydrogens (primary N) is 1. The van der Waals surface area contributed by atoms with Gasteiger partial charge in [0.25, 0.3) is 5.69 Å². The van der Waals surface area contributed by atoms with E-state index in [0.29, 0.717) is 6.42 Å². The lowest BCUT2D eigenvalue weighted by Gasteiger charge is -2.12. The Bertz CT molecular complexity index is 461. The molecular weight excluding hydrogens is 258 g/mol. The van der Waals surface area contributed by atoms with Crippen molar-refractivity contribution in [2.24, 2.45) is 11.7 Å². The second-order valence-corrected chi connectivity index (χ2v) is 4.19. The van der Waals surface area contributed by atoms with Crippen molar-refractivity contribution in [2.45, 2.75) is 13.3 Å². The number of benzene rings is 1. The third-order valence-corrected chi connectivity index (χ3v) is 2.80. The Hall–Kier alpha value is -1.66. The Morgan fingerprint density at radius 2 is 2.28 bits per heavy atom. The van der Waals surface area contributed by atoms with Gasteiger partial charge in [-0.2, -0.15) is 0 Å². The molecule has 0 aromatic heterocycles. The fourth-order valence-electron chi connectivity index (χ4n) is 1.46. The van der Waals surface area contributed by atoms with Crippen LogP contribution >= 0.6 is 11.6 Å². The molecule has 0 saturated heterocycles. The molecule has 3 N–H and O–H groups in total. The Kier molecular flexibility index (Phi) is 5.06. The summed E-state index contributed by atoms with van der Waals surface area (Å²) in [5.74, 6) is -0.689. The summed E-state index contributed by atoms with van der Waals surface area (Å²) in [6.07, 6.45) is 0.573. The van der Waals surface area contributed by atoms with Gasteiger partial charge in [0.15, 0.2) is 0 Å². The number of nitro benzene ring substituents is 1. The van der Waals surface area contributed by atoms with Gasteiger partial charge in [-0.25, -0.2) is 0 Å². The summed E-state index contributed by atoms with van der Waals surface area (Å²) < 4.78 is 0. The molecule has 0 saturated carbocycles. The van der Waals surface area contributed by atoms with Crippen LogP contribution in [-0.4, -0.2) is 17.4 Å². The van der Waals surface area contributed by atoms with Crippen molar-refractivity contribution in [2.75, 3.05) is 11.9 Å². The highest BCUT2D eigenvalue weighted by molar-refractivity contribution is 6.31. The van der Waals surface area contributed by atoms with Gasteiger partial charge in [0.1, 0.15) is 5.69 Å². The van der Waals surface area contributed by atoms with Crippen molar-refractivity contribution in [1.29, 1.82) is 0 Å². The number of carbonyl (C=O) groups is 1. The molecular formula is C11H14ClN3O3. The number of anilines is 1. The number of carbonyl (C=O) groups excluding carboxylic acids is 1. The van der Waals surface area contributed by atoms with Gasteiger partial charge in [-0.05, 0) is 18.6 Å². The van der Waals surface area contributed by atoms with E-state index in [1.807, 2.05) is 6.92 Å². The summed E-state index contributed by atoms with van der Waals surface area (Å²) in [7, 11) is 0. The fraction of sp³-hybridized carbons (Fsp3) is 0.364. The Morgan fingerprint density at radius 3 is 2.78 bits per heavy atom. The summed E-state index contributed by atoms with van der Waals surface area (Å²) in [6, 6.07) is 4.08. The number of hydrogen-bond donors (Lipinski definition) is 2. The standard InChI is InChI=1S/C11H14ClN3O3/c1-2-7(6-13)11(16)14-9-4-3-8(12)5-10(9)15(17)18/h3-5,7H,2,6,13H2,1H3,(H,14,16).